The smallest absolute Gasteiger partial charge is 0.282 e. The summed E-state index contributed by atoms with van der Waals surface area (Å²) >= 11 is 0. The third kappa shape index (κ3) is 3.66. The molecule has 7 heteroatoms. The zero-order valence-corrected chi connectivity index (χ0v) is 13.1. The highest BCUT2D eigenvalue weighted by Crippen LogP contribution is 2.22. The Bertz CT molecular complexity index is 844. The molecule has 2 aromatic rings. The molecular formula is C18H15N3O4. The molecule has 2 aromatic carbocycles. The van der Waals surface area contributed by atoms with Crippen LogP contribution in [0.15, 0.2) is 60.2 Å². The molecule has 0 unspecified atom stereocenters. The number of benzene rings is 2. The first-order valence-corrected chi connectivity index (χ1v) is 7.48. The second-order valence-electron chi connectivity index (χ2n) is 5.30. The number of hydrogen-bond acceptors (Lipinski definition) is 4. The van der Waals surface area contributed by atoms with E-state index in [1.54, 1.807) is 48.5 Å². The quantitative estimate of drug-likeness (QED) is 0.628. The van der Waals surface area contributed by atoms with Crippen molar-refractivity contribution in [3.63, 3.8) is 0 Å². The Morgan fingerprint density at radius 2 is 1.76 bits per heavy atom. The Labute approximate surface area is 143 Å². The van der Waals surface area contributed by atoms with Crippen molar-refractivity contribution in [2.24, 2.45) is 5.73 Å². The van der Waals surface area contributed by atoms with Crippen molar-refractivity contribution in [2.45, 2.75) is 0 Å². The van der Waals surface area contributed by atoms with Crippen LogP contribution < -0.4 is 20.9 Å². The normalized spacial score (nSPS) is 15.4. The molecule has 1 aliphatic rings. The lowest BCUT2D eigenvalue weighted by atomic mass is 10.1. The number of carbonyl (C=O) groups excluding carboxylic acids is 3. The highest BCUT2D eigenvalue weighted by atomic mass is 16.5. The molecule has 0 saturated carbocycles. The highest BCUT2D eigenvalue weighted by molar-refractivity contribution is 6.31. The van der Waals surface area contributed by atoms with Gasteiger partial charge >= 0.3 is 0 Å². The summed E-state index contributed by atoms with van der Waals surface area (Å²) in [5.41, 5.74) is 8.82. The summed E-state index contributed by atoms with van der Waals surface area (Å²) in [5, 5.41) is 1.21. The number of nitrogens with two attached hydrogens (primary N) is 1. The summed E-state index contributed by atoms with van der Waals surface area (Å²) in [6, 6.07) is 15.4. The molecule has 1 heterocycles. The van der Waals surface area contributed by atoms with Crippen molar-refractivity contribution in [2.75, 3.05) is 11.6 Å². The number of amides is 3. The highest BCUT2D eigenvalue weighted by Gasteiger charge is 2.34. The molecule has 25 heavy (non-hydrogen) atoms. The van der Waals surface area contributed by atoms with Gasteiger partial charge in [-0.25, -0.2) is 5.01 Å². The van der Waals surface area contributed by atoms with Crippen LogP contribution in [0.2, 0.25) is 0 Å². The average Bonchev–Trinajstić information content (AvgIpc) is 2.90. The average molecular weight is 337 g/mol. The van der Waals surface area contributed by atoms with Crippen molar-refractivity contribution in [1.82, 2.24) is 5.43 Å². The third-order valence-electron chi connectivity index (χ3n) is 3.48. The van der Waals surface area contributed by atoms with E-state index in [9.17, 15) is 14.4 Å². The number of primary amides is 1. The summed E-state index contributed by atoms with van der Waals surface area (Å²) in [6.07, 6.45) is 1.50. The maximum absolute atomic E-state index is 12.5. The Kier molecular flexibility index (Phi) is 4.47. The van der Waals surface area contributed by atoms with Gasteiger partial charge in [-0.3, -0.25) is 19.8 Å². The number of para-hydroxylation sites is 1. The van der Waals surface area contributed by atoms with E-state index in [4.69, 9.17) is 10.5 Å². The second kappa shape index (κ2) is 6.88. The van der Waals surface area contributed by atoms with E-state index in [1.165, 1.54) is 11.1 Å². The minimum Gasteiger partial charge on any atom is -0.484 e. The number of nitrogens with zero attached hydrogens (tertiary/aromatic N) is 1. The van der Waals surface area contributed by atoms with E-state index in [0.29, 0.717) is 17.0 Å². The van der Waals surface area contributed by atoms with Gasteiger partial charge in [-0.15, -0.1) is 0 Å². The Hall–Kier alpha value is -3.61. The Morgan fingerprint density at radius 3 is 2.40 bits per heavy atom. The largest absolute Gasteiger partial charge is 0.484 e. The topological polar surface area (TPSA) is 102 Å². The van der Waals surface area contributed by atoms with Crippen molar-refractivity contribution >= 4 is 29.5 Å². The predicted molar refractivity (Wildman–Crippen MR) is 91.2 cm³/mol. The lowest BCUT2D eigenvalue weighted by molar-refractivity contribution is -0.120. The molecule has 0 spiro atoms. The van der Waals surface area contributed by atoms with E-state index in [0.717, 1.165) is 0 Å². The first-order valence-electron chi connectivity index (χ1n) is 7.48. The summed E-state index contributed by atoms with van der Waals surface area (Å²) < 4.78 is 5.16. The van der Waals surface area contributed by atoms with Gasteiger partial charge < -0.3 is 10.5 Å². The van der Waals surface area contributed by atoms with Crippen LogP contribution in [0.3, 0.4) is 0 Å². The number of anilines is 1. The molecular weight excluding hydrogens is 322 g/mol. The molecule has 1 saturated heterocycles. The lowest BCUT2D eigenvalue weighted by Gasteiger charge is -2.13. The fourth-order valence-corrected chi connectivity index (χ4v) is 2.30. The zero-order chi connectivity index (χ0) is 17.8. The molecule has 3 rings (SSSR count). The Balaban J connectivity index is 1.78. The summed E-state index contributed by atoms with van der Waals surface area (Å²) in [7, 11) is 0. The van der Waals surface area contributed by atoms with E-state index < -0.39 is 17.7 Å². The minimum atomic E-state index is -0.569. The fourth-order valence-electron chi connectivity index (χ4n) is 2.30. The van der Waals surface area contributed by atoms with Gasteiger partial charge in [0.1, 0.15) is 11.3 Å². The van der Waals surface area contributed by atoms with Crippen LogP contribution in [0, 0.1) is 0 Å². The maximum Gasteiger partial charge on any atom is 0.282 e. The van der Waals surface area contributed by atoms with E-state index in [-0.39, 0.29) is 12.2 Å². The van der Waals surface area contributed by atoms with Crippen LogP contribution in [0.1, 0.15) is 5.56 Å². The number of hydrazine groups is 1. The lowest BCUT2D eigenvalue weighted by Crippen LogP contribution is -2.35. The molecule has 0 bridgehead atoms. The van der Waals surface area contributed by atoms with Gasteiger partial charge in [0.15, 0.2) is 6.61 Å². The molecule has 0 aromatic heterocycles. The van der Waals surface area contributed by atoms with Gasteiger partial charge in [0.05, 0.1) is 5.69 Å². The van der Waals surface area contributed by atoms with Gasteiger partial charge in [0.2, 0.25) is 0 Å². The van der Waals surface area contributed by atoms with Gasteiger partial charge in [0.25, 0.3) is 17.7 Å². The van der Waals surface area contributed by atoms with Crippen LogP contribution in [0.5, 0.6) is 5.75 Å². The first kappa shape index (κ1) is 16.3. The van der Waals surface area contributed by atoms with Crippen molar-refractivity contribution < 1.29 is 19.1 Å². The molecule has 3 amide bonds. The zero-order valence-electron chi connectivity index (χ0n) is 13.1. The predicted octanol–water partition coefficient (Wildman–Crippen LogP) is 1.01. The van der Waals surface area contributed by atoms with Crippen molar-refractivity contribution in [3.05, 3.63) is 65.7 Å². The standard InChI is InChI=1S/C18H15N3O4/c19-16(22)11-25-14-8-6-12(7-9-14)10-15-17(23)20-21(18(15)24)13-4-2-1-3-5-13/h1-10H,11H2,(H2,19,22)(H,20,23). The number of ether oxygens (including phenoxy) is 1. The molecule has 3 N–H and O–H groups in total. The fraction of sp³-hybridized carbons (Fsp3) is 0.0556. The summed E-state index contributed by atoms with van der Waals surface area (Å²) in [6.45, 7) is -0.215. The molecule has 1 fully saturated rings. The van der Waals surface area contributed by atoms with Crippen molar-refractivity contribution in [1.29, 1.82) is 0 Å². The molecule has 1 aliphatic heterocycles. The van der Waals surface area contributed by atoms with E-state index >= 15 is 0 Å². The SMILES string of the molecule is NC(=O)COc1ccc(C=C2C(=O)NN(c3ccccc3)C2=O)cc1. The Morgan fingerprint density at radius 1 is 1.08 bits per heavy atom. The first-order chi connectivity index (χ1) is 12.0. The molecule has 0 aliphatic carbocycles. The molecule has 0 atom stereocenters. The van der Waals surface area contributed by atoms with Gasteiger partial charge in [-0.2, -0.15) is 0 Å². The maximum atomic E-state index is 12.5. The molecule has 126 valence electrons. The van der Waals surface area contributed by atoms with Crippen LogP contribution in [0.4, 0.5) is 5.69 Å². The number of carbonyl (C=O) groups is 3. The summed E-state index contributed by atoms with van der Waals surface area (Å²) in [5.74, 6) is -0.998. The molecule has 7 nitrogen and oxygen atoms in total. The van der Waals surface area contributed by atoms with Gasteiger partial charge in [-0.1, -0.05) is 30.3 Å². The second-order valence-corrected chi connectivity index (χ2v) is 5.30. The monoisotopic (exact) mass is 337 g/mol. The number of hydrogen-bond donors (Lipinski definition) is 2. The van der Waals surface area contributed by atoms with Crippen LogP contribution >= 0.6 is 0 Å². The summed E-state index contributed by atoms with van der Waals surface area (Å²) in [4.78, 5) is 35.3. The molecule has 0 radical (unpaired) electrons. The third-order valence-corrected chi connectivity index (χ3v) is 3.48. The van der Waals surface area contributed by atoms with E-state index in [2.05, 4.69) is 5.43 Å². The van der Waals surface area contributed by atoms with Crippen LogP contribution in [-0.2, 0) is 14.4 Å². The van der Waals surface area contributed by atoms with Crippen LogP contribution in [0.25, 0.3) is 6.08 Å². The van der Waals surface area contributed by atoms with Crippen LogP contribution in [-0.4, -0.2) is 24.3 Å². The van der Waals surface area contributed by atoms with E-state index in [1.807, 2.05) is 6.07 Å². The number of nitrogens with one attached hydrogen (secondary N) is 1. The van der Waals surface area contributed by atoms with Crippen molar-refractivity contribution in [3.8, 4) is 5.75 Å². The number of rotatable bonds is 5. The van der Waals surface area contributed by atoms with Gasteiger partial charge in [-0.05, 0) is 35.9 Å². The minimum absolute atomic E-state index is 0.0367. The van der Waals surface area contributed by atoms with Gasteiger partial charge in [0, 0.05) is 0 Å².